The minimum Gasteiger partial charge on any atom is -0.352 e. The largest absolute Gasteiger partial charge is 0.419 e. The Morgan fingerprint density at radius 1 is 1.24 bits per heavy atom. The lowest BCUT2D eigenvalue weighted by molar-refractivity contribution is -0.138. The van der Waals surface area contributed by atoms with Crippen molar-refractivity contribution in [2.45, 2.75) is 42.7 Å². The molecule has 1 aromatic carbocycles. The summed E-state index contributed by atoms with van der Waals surface area (Å²) >= 11 is 8.89. The van der Waals surface area contributed by atoms with E-state index in [0.717, 1.165) is 28.4 Å². The number of halogens is 5. The number of alkyl halides is 4. The van der Waals surface area contributed by atoms with Crippen LogP contribution in [-0.4, -0.2) is 44.2 Å². The van der Waals surface area contributed by atoms with Gasteiger partial charge in [-0.2, -0.15) is 23.5 Å². The zero-order chi connectivity index (χ0) is 29.5. The molecule has 2 aromatic heterocycles. The number of pyridine rings is 1. The highest BCUT2D eigenvalue weighted by Crippen LogP contribution is 2.48. The number of thiocarbonyl (C=S) groups is 1. The summed E-state index contributed by atoms with van der Waals surface area (Å²) in [6.45, 7) is 0.226. The molecule has 212 valence electrons. The zero-order valence-electron chi connectivity index (χ0n) is 21.1. The second-order valence-corrected chi connectivity index (χ2v) is 10.4. The number of anilines is 2. The van der Waals surface area contributed by atoms with Gasteiger partial charge in [0.15, 0.2) is 10.8 Å². The number of H-pyrrole nitrogens is 1. The fraction of sp³-hybridized carbons (Fsp3) is 0.308. The monoisotopic (exact) mass is 649 g/mol. The lowest BCUT2D eigenvalue weighted by Crippen LogP contribution is -2.55. The molecule has 9 nitrogen and oxygen atoms in total. The number of amides is 2. The third-order valence-electron chi connectivity index (χ3n) is 7.20. The van der Waals surface area contributed by atoms with Crippen LogP contribution in [0.3, 0.4) is 0 Å². The first-order valence-corrected chi connectivity index (χ1v) is 13.9. The fourth-order valence-corrected chi connectivity index (χ4v) is 5.93. The van der Waals surface area contributed by atoms with Crippen LogP contribution >= 0.6 is 28.1 Å². The molecule has 2 fully saturated rings. The van der Waals surface area contributed by atoms with E-state index in [1.807, 2.05) is 0 Å². The summed E-state index contributed by atoms with van der Waals surface area (Å²) in [5.74, 6) is -2.07. The third-order valence-corrected chi connectivity index (χ3v) is 8.17. The Bertz CT molecular complexity index is 1600. The molecule has 1 spiro atoms. The number of nitriles is 1. The number of aromatic nitrogens is 3. The van der Waals surface area contributed by atoms with Gasteiger partial charge in [-0.15, -0.1) is 0 Å². The Labute approximate surface area is 244 Å². The standard InChI is InChI=1S/C26H20BrF4N7O2S/c27-10-14-12-35-36-20(14)4-7-33-22(39)17-3-2-15(9-19(17)28)38-24(41)37(23(40)25(38)5-1-6-25)16-8-18(26(29,30)31)21(11-32)34-13-16/h2-3,8-9,12-13H,1,4-7,10H2,(H,33,39)(H,35,36). The molecule has 2 aliphatic rings. The number of aromatic amines is 1. The number of benzene rings is 1. The molecule has 2 N–H and O–H groups in total. The maximum absolute atomic E-state index is 15.2. The summed E-state index contributed by atoms with van der Waals surface area (Å²) in [6.07, 6.45) is -0.463. The predicted octanol–water partition coefficient (Wildman–Crippen LogP) is 4.76. The molecule has 15 heteroatoms. The molecule has 0 unspecified atom stereocenters. The second-order valence-electron chi connectivity index (χ2n) is 9.52. The van der Waals surface area contributed by atoms with Crippen LogP contribution in [0.1, 0.15) is 52.1 Å². The van der Waals surface area contributed by atoms with Crippen molar-refractivity contribution in [2.24, 2.45) is 0 Å². The summed E-state index contributed by atoms with van der Waals surface area (Å²) in [5, 5.41) is 19.0. The van der Waals surface area contributed by atoms with Crippen molar-refractivity contribution < 1.29 is 27.2 Å². The van der Waals surface area contributed by atoms with E-state index in [1.54, 1.807) is 6.20 Å². The maximum atomic E-state index is 15.2. The van der Waals surface area contributed by atoms with Crippen LogP contribution in [0.5, 0.6) is 0 Å². The zero-order valence-corrected chi connectivity index (χ0v) is 23.5. The van der Waals surface area contributed by atoms with Gasteiger partial charge in [-0.05, 0) is 55.7 Å². The lowest BCUT2D eigenvalue weighted by Gasteiger charge is -2.43. The number of carbonyl (C=O) groups excluding carboxylic acids is 2. The second kappa shape index (κ2) is 10.8. The number of rotatable bonds is 7. The topological polar surface area (TPSA) is 118 Å². The molecule has 1 saturated heterocycles. The van der Waals surface area contributed by atoms with Crippen LogP contribution in [0.2, 0.25) is 0 Å². The smallest absolute Gasteiger partial charge is 0.352 e. The Hall–Kier alpha value is -3.90. The van der Waals surface area contributed by atoms with Gasteiger partial charge in [0.25, 0.3) is 11.8 Å². The van der Waals surface area contributed by atoms with E-state index >= 15 is 4.39 Å². The molecule has 3 heterocycles. The van der Waals surface area contributed by atoms with E-state index in [2.05, 4.69) is 36.4 Å². The fourth-order valence-electron chi connectivity index (χ4n) is 4.98. The van der Waals surface area contributed by atoms with Gasteiger partial charge in [0, 0.05) is 35.2 Å². The minimum absolute atomic E-state index is 0.159. The van der Waals surface area contributed by atoms with Gasteiger partial charge in [0.1, 0.15) is 17.4 Å². The summed E-state index contributed by atoms with van der Waals surface area (Å²) in [5.41, 5.74) is -1.87. The van der Waals surface area contributed by atoms with Gasteiger partial charge in [0.05, 0.1) is 29.2 Å². The van der Waals surface area contributed by atoms with E-state index in [4.69, 9.17) is 17.5 Å². The number of nitrogens with one attached hydrogen (secondary N) is 2. The minimum atomic E-state index is -4.89. The van der Waals surface area contributed by atoms with Gasteiger partial charge >= 0.3 is 6.18 Å². The summed E-state index contributed by atoms with van der Waals surface area (Å²) < 4.78 is 56.0. The molecule has 41 heavy (non-hydrogen) atoms. The Kier molecular flexibility index (Phi) is 7.56. The van der Waals surface area contributed by atoms with Crippen molar-refractivity contribution in [1.82, 2.24) is 20.5 Å². The Morgan fingerprint density at radius 2 is 2.00 bits per heavy atom. The first kappa shape index (κ1) is 28.6. The molecular weight excluding hydrogens is 630 g/mol. The van der Waals surface area contributed by atoms with E-state index in [1.165, 1.54) is 23.1 Å². The lowest BCUT2D eigenvalue weighted by atomic mass is 9.75. The molecule has 2 amide bonds. The van der Waals surface area contributed by atoms with Crippen molar-refractivity contribution in [3.05, 3.63) is 70.6 Å². The summed E-state index contributed by atoms with van der Waals surface area (Å²) in [6, 6.07) is 5.85. The molecule has 3 aromatic rings. The van der Waals surface area contributed by atoms with Crippen LogP contribution in [-0.2, 0) is 22.7 Å². The Balaban J connectivity index is 1.40. The highest BCUT2D eigenvalue weighted by atomic mass is 79.9. The highest BCUT2D eigenvalue weighted by molar-refractivity contribution is 9.08. The molecule has 1 aliphatic carbocycles. The average Bonchev–Trinajstić information content (AvgIpc) is 3.46. The van der Waals surface area contributed by atoms with Gasteiger partial charge in [-0.1, -0.05) is 15.9 Å². The van der Waals surface area contributed by atoms with Crippen molar-refractivity contribution in [1.29, 1.82) is 5.26 Å². The molecule has 1 saturated carbocycles. The van der Waals surface area contributed by atoms with Crippen LogP contribution < -0.4 is 15.1 Å². The van der Waals surface area contributed by atoms with Crippen molar-refractivity contribution >= 4 is 56.4 Å². The SMILES string of the molecule is N#Cc1ncc(N2C(=O)C3(CCC3)N(c3ccc(C(=O)NCCc4[nH]ncc4CBr)c(F)c3)C2=S)cc1C(F)(F)F. The maximum Gasteiger partial charge on any atom is 0.419 e. The van der Waals surface area contributed by atoms with Crippen LogP contribution in [0.25, 0.3) is 0 Å². The van der Waals surface area contributed by atoms with Crippen LogP contribution in [0.15, 0.2) is 36.7 Å². The van der Waals surface area contributed by atoms with Crippen LogP contribution in [0, 0.1) is 17.1 Å². The third kappa shape index (κ3) is 4.95. The number of carbonyl (C=O) groups is 2. The average molecular weight is 650 g/mol. The van der Waals surface area contributed by atoms with Gasteiger partial charge in [-0.25, -0.2) is 9.37 Å². The van der Waals surface area contributed by atoms with Crippen LogP contribution in [0.4, 0.5) is 28.9 Å². The summed E-state index contributed by atoms with van der Waals surface area (Å²) in [7, 11) is 0. The normalized spacial score (nSPS) is 16.2. The van der Waals surface area contributed by atoms with Crippen molar-refractivity contribution in [3.8, 4) is 6.07 Å². The first-order valence-electron chi connectivity index (χ1n) is 12.3. The molecular formula is C26H20BrF4N7O2S. The first-order chi connectivity index (χ1) is 19.5. The number of hydrogen-bond acceptors (Lipinski definition) is 6. The quantitative estimate of drug-likeness (QED) is 0.215. The van der Waals surface area contributed by atoms with E-state index in [-0.39, 0.29) is 28.6 Å². The predicted molar refractivity (Wildman–Crippen MR) is 147 cm³/mol. The Morgan fingerprint density at radius 3 is 2.61 bits per heavy atom. The van der Waals surface area contributed by atoms with Gasteiger partial charge in [0.2, 0.25) is 0 Å². The number of hydrogen-bond donors (Lipinski definition) is 2. The highest BCUT2D eigenvalue weighted by Gasteiger charge is 2.60. The van der Waals surface area contributed by atoms with E-state index < -0.39 is 40.6 Å². The van der Waals surface area contributed by atoms with Gasteiger partial charge in [-0.3, -0.25) is 19.6 Å². The molecule has 5 rings (SSSR count). The number of nitrogens with zero attached hydrogens (tertiary/aromatic N) is 5. The molecule has 1 aliphatic heterocycles. The molecule has 0 bridgehead atoms. The van der Waals surface area contributed by atoms with E-state index in [0.29, 0.717) is 37.1 Å². The molecule has 0 radical (unpaired) electrons. The van der Waals surface area contributed by atoms with Crippen molar-refractivity contribution in [3.63, 3.8) is 0 Å². The van der Waals surface area contributed by atoms with Crippen molar-refractivity contribution in [2.75, 3.05) is 16.3 Å². The summed E-state index contributed by atoms with van der Waals surface area (Å²) in [4.78, 5) is 32.2. The molecule has 0 atom stereocenters. The van der Waals surface area contributed by atoms with Gasteiger partial charge < -0.3 is 10.2 Å². The van der Waals surface area contributed by atoms with E-state index in [9.17, 15) is 22.8 Å².